The molecule has 86 valence electrons. The van der Waals surface area contributed by atoms with Crippen LogP contribution in [0, 0.1) is 5.92 Å². The Morgan fingerprint density at radius 3 is 2.75 bits per heavy atom. The van der Waals surface area contributed by atoms with E-state index in [2.05, 4.69) is 6.07 Å². The van der Waals surface area contributed by atoms with Crippen LogP contribution in [0.3, 0.4) is 0 Å². The van der Waals surface area contributed by atoms with E-state index >= 15 is 0 Å². The number of hydrogen-bond acceptors (Lipinski definition) is 3. The van der Waals surface area contributed by atoms with E-state index in [0.29, 0.717) is 19.1 Å². The zero-order chi connectivity index (χ0) is 11.0. The van der Waals surface area contributed by atoms with E-state index in [1.807, 2.05) is 12.1 Å². The lowest BCUT2D eigenvalue weighted by atomic mass is 9.77. The number of hydrogen-bond donors (Lipinski definition) is 1. The maximum atomic E-state index is 6.29. The first-order valence-electron chi connectivity index (χ1n) is 6.00. The van der Waals surface area contributed by atoms with Gasteiger partial charge in [0.25, 0.3) is 0 Å². The van der Waals surface area contributed by atoms with E-state index in [9.17, 15) is 0 Å². The van der Waals surface area contributed by atoms with Crippen molar-refractivity contribution < 1.29 is 9.47 Å². The number of ether oxygens (including phenoxy) is 2. The van der Waals surface area contributed by atoms with E-state index in [4.69, 9.17) is 15.2 Å². The van der Waals surface area contributed by atoms with E-state index in [-0.39, 0.29) is 6.04 Å². The van der Waals surface area contributed by atoms with Crippen LogP contribution in [0.1, 0.15) is 30.9 Å². The van der Waals surface area contributed by atoms with Gasteiger partial charge in [-0.05, 0) is 24.8 Å². The lowest BCUT2D eigenvalue weighted by molar-refractivity contribution is 0.166. The summed E-state index contributed by atoms with van der Waals surface area (Å²) in [5, 5.41) is 0. The molecule has 1 aromatic carbocycles. The highest BCUT2D eigenvalue weighted by atomic mass is 16.6. The number of para-hydroxylation sites is 1. The number of rotatable bonds is 2. The fourth-order valence-corrected chi connectivity index (χ4v) is 2.41. The SMILES string of the molecule is N[C@@H](c1cccc2c1OCCO2)C1CCC1. The molecule has 3 rings (SSSR count). The molecular formula is C13H17NO2. The summed E-state index contributed by atoms with van der Waals surface area (Å²) in [6.07, 6.45) is 3.79. The number of nitrogens with two attached hydrogens (primary N) is 1. The second-order valence-electron chi connectivity index (χ2n) is 4.59. The predicted molar refractivity (Wildman–Crippen MR) is 61.7 cm³/mol. The average molecular weight is 219 g/mol. The molecule has 0 spiro atoms. The molecular weight excluding hydrogens is 202 g/mol. The van der Waals surface area contributed by atoms with Gasteiger partial charge < -0.3 is 15.2 Å². The highest BCUT2D eigenvalue weighted by Gasteiger charge is 2.29. The topological polar surface area (TPSA) is 44.5 Å². The van der Waals surface area contributed by atoms with Gasteiger partial charge in [-0.1, -0.05) is 18.6 Å². The fourth-order valence-electron chi connectivity index (χ4n) is 2.41. The Labute approximate surface area is 95.5 Å². The zero-order valence-corrected chi connectivity index (χ0v) is 9.32. The van der Waals surface area contributed by atoms with Gasteiger partial charge in [-0.3, -0.25) is 0 Å². The molecule has 1 heterocycles. The molecule has 1 saturated carbocycles. The third-order valence-electron chi connectivity index (χ3n) is 3.61. The lowest BCUT2D eigenvalue weighted by Crippen LogP contribution is -2.28. The smallest absolute Gasteiger partial charge is 0.166 e. The first kappa shape index (κ1) is 9.97. The summed E-state index contributed by atoms with van der Waals surface area (Å²) in [5.41, 5.74) is 7.40. The minimum absolute atomic E-state index is 0.102. The van der Waals surface area contributed by atoms with Gasteiger partial charge in [-0.2, -0.15) is 0 Å². The Hall–Kier alpha value is -1.22. The molecule has 1 fully saturated rings. The third kappa shape index (κ3) is 1.55. The zero-order valence-electron chi connectivity index (χ0n) is 9.32. The second kappa shape index (κ2) is 3.98. The van der Waals surface area contributed by atoms with Crippen molar-refractivity contribution >= 4 is 0 Å². The highest BCUT2D eigenvalue weighted by Crippen LogP contribution is 2.43. The minimum Gasteiger partial charge on any atom is -0.486 e. The van der Waals surface area contributed by atoms with Gasteiger partial charge in [0, 0.05) is 11.6 Å². The van der Waals surface area contributed by atoms with Gasteiger partial charge in [0.2, 0.25) is 0 Å². The van der Waals surface area contributed by atoms with Crippen LogP contribution >= 0.6 is 0 Å². The van der Waals surface area contributed by atoms with Crippen molar-refractivity contribution in [2.75, 3.05) is 13.2 Å². The molecule has 0 bridgehead atoms. The van der Waals surface area contributed by atoms with Gasteiger partial charge in [0.15, 0.2) is 11.5 Å². The van der Waals surface area contributed by atoms with Gasteiger partial charge in [0.05, 0.1) is 0 Å². The molecule has 1 aliphatic carbocycles. The van der Waals surface area contributed by atoms with Gasteiger partial charge >= 0.3 is 0 Å². The van der Waals surface area contributed by atoms with Crippen LogP contribution in [-0.4, -0.2) is 13.2 Å². The Kier molecular flexibility index (Phi) is 2.48. The molecule has 2 N–H and O–H groups in total. The van der Waals surface area contributed by atoms with Gasteiger partial charge in [-0.15, -0.1) is 0 Å². The van der Waals surface area contributed by atoms with E-state index < -0.39 is 0 Å². The molecule has 0 saturated heterocycles. The summed E-state index contributed by atoms with van der Waals surface area (Å²) in [6, 6.07) is 6.12. The standard InChI is InChI=1S/C13H17NO2/c14-12(9-3-1-4-9)10-5-2-6-11-13(10)16-8-7-15-11/h2,5-6,9,12H,1,3-4,7-8,14H2/t12-/m1/s1. The maximum absolute atomic E-state index is 6.29. The molecule has 0 aromatic heterocycles. The molecule has 0 amide bonds. The van der Waals surface area contributed by atoms with Gasteiger partial charge in [-0.25, -0.2) is 0 Å². The lowest BCUT2D eigenvalue weighted by Gasteiger charge is -2.33. The number of fused-ring (bicyclic) bond motifs is 1. The van der Waals surface area contributed by atoms with E-state index in [1.165, 1.54) is 19.3 Å². The van der Waals surface area contributed by atoms with Crippen LogP contribution in [0.2, 0.25) is 0 Å². The summed E-state index contributed by atoms with van der Waals surface area (Å²) in [5.74, 6) is 2.34. The van der Waals surface area contributed by atoms with Crippen LogP contribution < -0.4 is 15.2 Å². The van der Waals surface area contributed by atoms with Crippen molar-refractivity contribution in [3.63, 3.8) is 0 Å². The molecule has 0 radical (unpaired) electrons. The van der Waals surface area contributed by atoms with Crippen LogP contribution in [0.4, 0.5) is 0 Å². The quantitative estimate of drug-likeness (QED) is 0.829. The Balaban J connectivity index is 1.93. The predicted octanol–water partition coefficient (Wildman–Crippen LogP) is 2.26. The van der Waals surface area contributed by atoms with Crippen LogP contribution in [0.25, 0.3) is 0 Å². The molecule has 16 heavy (non-hydrogen) atoms. The molecule has 0 unspecified atom stereocenters. The van der Waals surface area contributed by atoms with E-state index in [1.54, 1.807) is 0 Å². The Morgan fingerprint density at radius 1 is 1.19 bits per heavy atom. The molecule has 1 aromatic rings. The molecule has 3 nitrogen and oxygen atoms in total. The van der Waals surface area contributed by atoms with Crippen molar-refractivity contribution in [3.05, 3.63) is 23.8 Å². The fraction of sp³-hybridized carbons (Fsp3) is 0.538. The van der Waals surface area contributed by atoms with Crippen molar-refractivity contribution in [1.82, 2.24) is 0 Å². The normalized spacial score (nSPS) is 21.3. The van der Waals surface area contributed by atoms with Crippen molar-refractivity contribution in [3.8, 4) is 11.5 Å². The summed E-state index contributed by atoms with van der Waals surface area (Å²) in [7, 11) is 0. The summed E-state index contributed by atoms with van der Waals surface area (Å²) in [6.45, 7) is 1.26. The molecule has 1 atom stereocenters. The first-order chi connectivity index (χ1) is 7.86. The second-order valence-corrected chi connectivity index (χ2v) is 4.59. The van der Waals surface area contributed by atoms with Crippen LogP contribution in [-0.2, 0) is 0 Å². The molecule has 1 aliphatic heterocycles. The highest BCUT2D eigenvalue weighted by molar-refractivity contribution is 5.49. The average Bonchev–Trinajstić information content (AvgIpc) is 2.26. The number of benzene rings is 1. The van der Waals surface area contributed by atoms with Crippen molar-refractivity contribution in [1.29, 1.82) is 0 Å². The summed E-state index contributed by atoms with van der Waals surface area (Å²) >= 11 is 0. The van der Waals surface area contributed by atoms with Gasteiger partial charge in [0.1, 0.15) is 13.2 Å². The Bertz CT molecular complexity index is 388. The van der Waals surface area contributed by atoms with E-state index in [0.717, 1.165) is 17.1 Å². The van der Waals surface area contributed by atoms with Crippen molar-refractivity contribution in [2.24, 2.45) is 11.7 Å². The Morgan fingerprint density at radius 2 is 2.00 bits per heavy atom. The van der Waals surface area contributed by atoms with Crippen LogP contribution in [0.15, 0.2) is 18.2 Å². The maximum Gasteiger partial charge on any atom is 0.166 e. The minimum atomic E-state index is 0.102. The first-order valence-corrected chi connectivity index (χ1v) is 6.00. The largest absolute Gasteiger partial charge is 0.486 e. The molecule has 2 aliphatic rings. The third-order valence-corrected chi connectivity index (χ3v) is 3.61. The van der Waals surface area contributed by atoms with Crippen molar-refractivity contribution in [2.45, 2.75) is 25.3 Å². The molecule has 3 heteroatoms. The van der Waals surface area contributed by atoms with Crippen LogP contribution in [0.5, 0.6) is 11.5 Å². The monoisotopic (exact) mass is 219 g/mol. The summed E-state index contributed by atoms with van der Waals surface area (Å²) < 4.78 is 11.3. The summed E-state index contributed by atoms with van der Waals surface area (Å²) in [4.78, 5) is 0.